The highest BCUT2D eigenvalue weighted by Gasteiger charge is 2.07. The van der Waals surface area contributed by atoms with Gasteiger partial charge >= 0.3 is 0 Å². The fraction of sp³-hybridized carbons (Fsp3) is 0.0625. The normalized spacial score (nSPS) is 10.7. The highest BCUT2D eigenvalue weighted by molar-refractivity contribution is 7.98. The van der Waals surface area contributed by atoms with Crippen LogP contribution in [0.15, 0.2) is 64.0 Å². The van der Waals surface area contributed by atoms with Gasteiger partial charge in [0, 0.05) is 10.5 Å². The van der Waals surface area contributed by atoms with Gasteiger partial charge < -0.3 is 10.2 Å². The van der Waals surface area contributed by atoms with Gasteiger partial charge in [0.05, 0.1) is 22.7 Å². The maximum absolute atomic E-state index is 6.00. The molecule has 3 aromatic rings. The van der Waals surface area contributed by atoms with Crippen LogP contribution in [-0.4, -0.2) is 4.98 Å². The number of halogens is 1. The van der Waals surface area contributed by atoms with Crippen molar-refractivity contribution in [3.05, 3.63) is 65.6 Å². The molecule has 0 saturated carbocycles. The van der Waals surface area contributed by atoms with Crippen LogP contribution in [0.2, 0.25) is 5.02 Å². The van der Waals surface area contributed by atoms with Gasteiger partial charge in [-0.3, -0.25) is 0 Å². The molecule has 0 amide bonds. The molecule has 2 N–H and O–H groups in total. The summed E-state index contributed by atoms with van der Waals surface area (Å²) in [5, 5.41) is 0.567. The summed E-state index contributed by atoms with van der Waals surface area (Å²) in [6.45, 7) is 0. The van der Waals surface area contributed by atoms with Crippen molar-refractivity contribution in [2.45, 2.75) is 10.6 Å². The molecule has 106 valence electrons. The van der Waals surface area contributed by atoms with Crippen LogP contribution in [0.1, 0.15) is 5.89 Å². The number of benzene rings is 2. The van der Waals surface area contributed by atoms with Crippen molar-refractivity contribution in [1.82, 2.24) is 4.98 Å². The molecule has 3 nitrogen and oxygen atoms in total. The van der Waals surface area contributed by atoms with E-state index in [1.165, 1.54) is 0 Å². The fourth-order valence-electron chi connectivity index (χ4n) is 1.86. The van der Waals surface area contributed by atoms with E-state index in [9.17, 15) is 0 Å². The van der Waals surface area contributed by atoms with Gasteiger partial charge in [0.1, 0.15) is 0 Å². The van der Waals surface area contributed by atoms with Crippen LogP contribution in [0.5, 0.6) is 0 Å². The Morgan fingerprint density at radius 1 is 1.14 bits per heavy atom. The second-order valence-electron chi connectivity index (χ2n) is 4.46. The largest absolute Gasteiger partial charge is 0.440 e. The predicted octanol–water partition coefficient (Wildman–Crippen LogP) is 4.87. The van der Waals surface area contributed by atoms with E-state index >= 15 is 0 Å². The average molecular weight is 317 g/mol. The molecular weight excluding hydrogens is 304 g/mol. The Hall–Kier alpha value is -1.91. The molecule has 0 unspecified atom stereocenters. The average Bonchev–Trinajstić information content (AvgIpc) is 2.98. The van der Waals surface area contributed by atoms with E-state index in [1.807, 2.05) is 42.5 Å². The summed E-state index contributed by atoms with van der Waals surface area (Å²) in [5.74, 6) is 2.11. The molecule has 1 heterocycles. The summed E-state index contributed by atoms with van der Waals surface area (Å²) in [4.78, 5) is 5.34. The zero-order valence-electron chi connectivity index (χ0n) is 11.1. The number of anilines is 1. The topological polar surface area (TPSA) is 52.0 Å². The van der Waals surface area contributed by atoms with E-state index in [-0.39, 0.29) is 0 Å². The standard InChI is InChI=1S/C16H13ClN2OS/c17-13-8-12(6-7-14(13)18)21-10-16-19-9-15(20-16)11-4-2-1-3-5-11/h1-9H,10,18H2. The summed E-state index contributed by atoms with van der Waals surface area (Å²) in [5.41, 5.74) is 7.30. The quantitative estimate of drug-likeness (QED) is 0.551. The molecule has 0 bridgehead atoms. The maximum atomic E-state index is 6.00. The first kappa shape index (κ1) is 14.0. The Labute approximate surface area is 132 Å². The van der Waals surface area contributed by atoms with Crippen LogP contribution in [0.25, 0.3) is 11.3 Å². The monoisotopic (exact) mass is 316 g/mol. The smallest absolute Gasteiger partial charge is 0.205 e. The zero-order valence-corrected chi connectivity index (χ0v) is 12.7. The molecule has 0 spiro atoms. The minimum atomic E-state index is 0.567. The van der Waals surface area contributed by atoms with Gasteiger partial charge in [0.15, 0.2) is 5.76 Å². The molecule has 0 aliphatic heterocycles. The number of nitrogens with zero attached hydrogens (tertiary/aromatic N) is 1. The molecule has 0 fully saturated rings. The molecular formula is C16H13ClN2OS. The lowest BCUT2D eigenvalue weighted by Gasteiger charge is -2.02. The lowest BCUT2D eigenvalue weighted by atomic mass is 10.2. The van der Waals surface area contributed by atoms with Crippen molar-refractivity contribution in [3.63, 3.8) is 0 Å². The minimum Gasteiger partial charge on any atom is -0.440 e. The highest BCUT2D eigenvalue weighted by atomic mass is 35.5. The highest BCUT2D eigenvalue weighted by Crippen LogP contribution is 2.29. The van der Waals surface area contributed by atoms with E-state index in [0.717, 1.165) is 16.2 Å². The van der Waals surface area contributed by atoms with Crippen LogP contribution in [-0.2, 0) is 5.75 Å². The Bertz CT molecular complexity index is 743. The van der Waals surface area contributed by atoms with Gasteiger partial charge in [0.2, 0.25) is 5.89 Å². The Morgan fingerprint density at radius 3 is 2.71 bits per heavy atom. The van der Waals surface area contributed by atoms with E-state index in [4.69, 9.17) is 21.8 Å². The second kappa shape index (κ2) is 6.24. The molecule has 2 aromatic carbocycles. The number of hydrogen-bond donors (Lipinski definition) is 1. The van der Waals surface area contributed by atoms with Crippen LogP contribution in [0, 0.1) is 0 Å². The van der Waals surface area contributed by atoms with Crippen LogP contribution < -0.4 is 5.73 Å². The summed E-state index contributed by atoms with van der Waals surface area (Å²) in [6.07, 6.45) is 1.75. The first-order valence-corrected chi connectivity index (χ1v) is 7.77. The number of thioether (sulfide) groups is 1. The molecule has 3 rings (SSSR count). The molecule has 0 saturated heterocycles. The number of aromatic nitrogens is 1. The molecule has 21 heavy (non-hydrogen) atoms. The number of nitrogen functional groups attached to an aromatic ring is 1. The fourth-order valence-corrected chi connectivity index (χ4v) is 2.89. The molecule has 0 radical (unpaired) electrons. The van der Waals surface area contributed by atoms with Crippen molar-refractivity contribution in [2.75, 3.05) is 5.73 Å². The number of nitrogens with two attached hydrogens (primary N) is 1. The molecule has 1 aromatic heterocycles. The van der Waals surface area contributed by atoms with E-state index in [1.54, 1.807) is 24.0 Å². The lowest BCUT2D eigenvalue weighted by molar-refractivity contribution is 0.530. The van der Waals surface area contributed by atoms with Crippen molar-refractivity contribution < 1.29 is 4.42 Å². The minimum absolute atomic E-state index is 0.567. The number of hydrogen-bond acceptors (Lipinski definition) is 4. The van der Waals surface area contributed by atoms with Gasteiger partial charge in [-0.2, -0.15) is 0 Å². The number of oxazole rings is 1. The summed E-state index contributed by atoms with van der Waals surface area (Å²) in [6, 6.07) is 15.5. The molecule has 0 atom stereocenters. The van der Waals surface area contributed by atoms with E-state index in [2.05, 4.69) is 4.98 Å². The second-order valence-corrected chi connectivity index (χ2v) is 5.91. The SMILES string of the molecule is Nc1ccc(SCc2ncc(-c3ccccc3)o2)cc1Cl. The third-order valence-corrected chi connectivity index (χ3v) is 4.25. The van der Waals surface area contributed by atoms with Gasteiger partial charge in [-0.1, -0.05) is 41.9 Å². The Morgan fingerprint density at radius 2 is 1.95 bits per heavy atom. The first-order chi connectivity index (χ1) is 10.2. The van der Waals surface area contributed by atoms with Crippen LogP contribution >= 0.6 is 23.4 Å². The lowest BCUT2D eigenvalue weighted by Crippen LogP contribution is -1.86. The Balaban J connectivity index is 1.69. The van der Waals surface area contributed by atoms with Gasteiger partial charge in [-0.15, -0.1) is 11.8 Å². The first-order valence-electron chi connectivity index (χ1n) is 6.40. The third kappa shape index (κ3) is 3.40. The molecule has 0 aliphatic carbocycles. The predicted molar refractivity (Wildman–Crippen MR) is 87.4 cm³/mol. The molecule has 0 aliphatic rings. The zero-order chi connectivity index (χ0) is 14.7. The summed E-state index contributed by atoms with van der Waals surface area (Å²) < 4.78 is 5.76. The summed E-state index contributed by atoms with van der Waals surface area (Å²) in [7, 11) is 0. The van der Waals surface area contributed by atoms with Crippen molar-refractivity contribution in [2.24, 2.45) is 0 Å². The van der Waals surface area contributed by atoms with Gasteiger partial charge in [0.25, 0.3) is 0 Å². The van der Waals surface area contributed by atoms with Crippen LogP contribution in [0.4, 0.5) is 5.69 Å². The maximum Gasteiger partial charge on any atom is 0.205 e. The summed E-state index contributed by atoms with van der Waals surface area (Å²) >= 11 is 7.61. The third-order valence-electron chi connectivity index (χ3n) is 2.95. The van der Waals surface area contributed by atoms with Gasteiger partial charge in [-0.05, 0) is 18.2 Å². The van der Waals surface area contributed by atoms with Crippen LogP contribution in [0.3, 0.4) is 0 Å². The number of rotatable bonds is 4. The van der Waals surface area contributed by atoms with Gasteiger partial charge in [-0.25, -0.2) is 4.98 Å². The van der Waals surface area contributed by atoms with Crippen molar-refractivity contribution in [1.29, 1.82) is 0 Å². The van der Waals surface area contributed by atoms with E-state index in [0.29, 0.717) is 22.4 Å². The van der Waals surface area contributed by atoms with Crippen molar-refractivity contribution >= 4 is 29.1 Å². The van der Waals surface area contributed by atoms with Crippen molar-refractivity contribution in [3.8, 4) is 11.3 Å². The molecule has 5 heteroatoms. The van der Waals surface area contributed by atoms with E-state index < -0.39 is 0 Å². The Kier molecular flexibility index (Phi) is 4.18.